The Bertz CT molecular complexity index is 485. The average molecular weight is 238 g/mol. The van der Waals surface area contributed by atoms with Crippen molar-refractivity contribution >= 4 is 63.2 Å². The SMILES string of the molecule is CS(=O)n1cnc2cc(Cl)ccc21.[Na]. The summed E-state index contributed by atoms with van der Waals surface area (Å²) in [6, 6.07) is 5.32. The number of nitrogens with zero attached hydrogens (tertiary/aromatic N) is 2. The van der Waals surface area contributed by atoms with Crippen LogP contribution in [0.1, 0.15) is 0 Å². The third kappa shape index (κ3) is 2.20. The fourth-order valence-electron chi connectivity index (χ4n) is 1.17. The molecular weight excluding hydrogens is 231 g/mol. The summed E-state index contributed by atoms with van der Waals surface area (Å²) in [5.74, 6) is 0. The fourth-order valence-corrected chi connectivity index (χ4v) is 1.95. The van der Waals surface area contributed by atoms with E-state index in [2.05, 4.69) is 4.98 Å². The molecule has 0 saturated carbocycles. The molecule has 0 amide bonds. The van der Waals surface area contributed by atoms with E-state index in [0.717, 1.165) is 11.0 Å². The number of aromatic nitrogens is 2. The Hall–Kier alpha value is 0.130. The summed E-state index contributed by atoms with van der Waals surface area (Å²) in [5, 5.41) is 0.639. The summed E-state index contributed by atoms with van der Waals surface area (Å²) in [6.45, 7) is 0. The van der Waals surface area contributed by atoms with Gasteiger partial charge in [0, 0.05) is 40.8 Å². The van der Waals surface area contributed by atoms with Crippen molar-refractivity contribution in [3.05, 3.63) is 29.5 Å². The monoisotopic (exact) mass is 237 g/mol. The van der Waals surface area contributed by atoms with Gasteiger partial charge in [-0.15, -0.1) is 0 Å². The van der Waals surface area contributed by atoms with Crippen molar-refractivity contribution in [1.29, 1.82) is 0 Å². The molecule has 14 heavy (non-hydrogen) atoms. The Labute approximate surface area is 111 Å². The van der Waals surface area contributed by atoms with E-state index >= 15 is 0 Å². The van der Waals surface area contributed by atoms with Gasteiger partial charge in [0.1, 0.15) is 17.3 Å². The van der Waals surface area contributed by atoms with Gasteiger partial charge in [0.2, 0.25) is 0 Å². The first-order valence-electron chi connectivity index (χ1n) is 3.65. The number of hydrogen-bond acceptors (Lipinski definition) is 2. The standard InChI is InChI=1S/C8H7ClN2OS.Na/c1-13(12)11-5-10-7-4-6(9)2-3-8(7)11;/h2-5H,1H3;. The molecule has 69 valence electrons. The van der Waals surface area contributed by atoms with Crippen molar-refractivity contribution in [3.8, 4) is 0 Å². The van der Waals surface area contributed by atoms with E-state index in [1.165, 1.54) is 0 Å². The van der Waals surface area contributed by atoms with Gasteiger partial charge in [-0.1, -0.05) is 11.6 Å². The van der Waals surface area contributed by atoms with Crippen molar-refractivity contribution < 1.29 is 4.21 Å². The third-order valence-corrected chi connectivity index (χ3v) is 2.83. The summed E-state index contributed by atoms with van der Waals surface area (Å²) in [5.41, 5.74) is 1.60. The predicted octanol–water partition coefficient (Wildman–Crippen LogP) is 1.45. The smallest absolute Gasteiger partial charge is 0.122 e. The summed E-state index contributed by atoms with van der Waals surface area (Å²) in [6.07, 6.45) is 3.16. The second kappa shape index (κ2) is 4.77. The quantitative estimate of drug-likeness (QED) is 0.704. The molecule has 0 aliphatic carbocycles. The van der Waals surface area contributed by atoms with Crippen LogP contribution < -0.4 is 0 Å². The van der Waals surface area contributed by atoms with Gasteiger partial charge in [-0.25, -0.2) is 13.2 Å². The molecule has 0 fully saturated rings. The van der Waals surface area contributed by atoms with Gasteiger partial charge >= 0.3 is 0 Å². The van der Waals surface area contributed by atoms with Gasteiger partial charge in [0.25, 0.3) is 0 Å². The van der Waals surface area contributed by atoms with Gasteiger partial charge in [-0.05, 0) is 18.2 Å². The van der Waals surface area contributed by atoms with Crippen LogP contribution in [0, 0.1) is 0 Å². The minimum Gasteiger partial charge on any atom is -0.248 e. The molecule has 2 aromatic rings. The maximum Gasteiger partial charge on any atom is 0.122 e. The van der Waals surface area contributed by atoms with Gasteiger partial charge in [0.15, 0.2) is 0 Å². The molecule has 6 heteroatoms. The summed E-state index contributed by atoms with van der Waals surface area (Å²) < 4.78 is 12.8. The van der Waals surface area contributed by atoms with Crippen molar-refractivity contribution in [2.24, 2.45) is 0 Å². The molecule has 1 heterocycles. The van der Waals surface area contributed by atoms with Crippen molar-refractivity contribution in [1.82, 2.24) is 8.96 Å². The molecule has 2 rings (SSSR count). The Morgan fingerprint density at radius 1 is 1.50 bits per heavy atom. The van der Waals surface area contributed by atoms with E-state index < -0.39 is 11.0 Å². The Morgan fingerprint density at radius 2 is 2.21 bits per heavy atom. The molecule has 1 atom stereocenters. The largest absolute Gasteiger partial charge is 0.248 e. The van der Waals surface area contributed by atoms with Gasteiger partial charge in [0.05, 0.1) is 11.0 Å². The van der Waals surface area contributed by atoms with Crippen LogP contribution in [0.5, 0.6) is 0 Å². The Kier molecular flexibility index (Phi) is 4.15. The second-order valence-corrected chi connectivity index (χ2v) is 4.30. The van der Waals surface area contributed by atoms with E-state index in [0.29, 0.717) is 5.02 Å². The summed E-state index contributed by atoms with van der Waals surface area (Å²) >= 11 is 5.78. The maximum absolute atomic E-state index is 11.2. The maximum atomic E-state index is 11.2. The minimum atomic E-state index is -1.07. The second-order valence-electron chi connectivity index (χ2n) is 2.63. The molecule has 1 unspecified atom stereocenters. The van der Waals surface area contributed by atoms with Crippen LogP contribution in [-0.4, -0.2) is 49.0 Å². The first-order chi connectivity index (χ1) is 6.18. The van der Waals surface area contributed by atoms with Crippen LogP contribution in [0.25, 0.3) is 11.0 Å². The van der Waals surface area contributed by atoms with E-state index in [1.54, 1.807) is 28.7 Å². The number of benzene rings is 1. The summed E-state index contributed by atoms with van der Waals surface area (Å²) in [7, 11) is -1.07. The van der Waals surface area contributed by atoms with Gasteiger partial charge in [-0.3, -0.25) is 0 Å². The Morgan fingerprint density at radius 3 is 2.86 bits per heavy atom. The molecule has 1 radical (unpaired) electrons. The minimum absolute atomic E-state index is 0. The van der Waals surface area contributed by atoms with Crippen molar-refractivity contribution in [2.75, 3.05) is 6.26 Å². The molecule has 0 saturated heterocycles. The van der Waals surface area contributed by atoms with Crippen LogP contribution in [0.2, 0.25) is 5.02 Å². The molecule has 1 aromatic heterocycles. The zero-order valence-corrected chi connectivity index (χ0v) is 11.5. The first kappa shape index (κ1) is 12.2. The third-order valence-electron chi connectivity index (χ3n) is 1.75. The van der Waals surface area contributed by atoms with Crippen LogP contribution in [0.15, 0.2) is 24.5 Å². The molecule has 0 aliphatic heterocycles. The van der Waals surface area contributed by atoms with E-state index in [9.17, 15) is 4.21 Å². The van der Waals surface area contributed by atoms with E-state index in [1.807, 2.05) is 6.07 Å². The number of rotatable bonds is 1. The molecule has 0 spiro atoms. The van der Waals surface area contributed by atoms with Gasteiger partial charge in [-0.2, -0.15) is 0 Å². The van der Waals surface area contributed by atoms with Gasteiger partial charge < -0.3 is 0 Å². The number of halogens is 1. The first-order valence-corrected chi connectivity index (χ1v) is 5.54. The van der Waals surface area contributed by atoms with Crippen LogP contribution in [-0.2, 0) is 11.0 Å². The topological polar surface area (TPSA) is 34.9 Å². The molecule has 3 nitrogen and oxygen atoms in total. The van der Waals surface area contributed by atoms with E-state index in [4.69, 9.17) is 11.6 Å². The molecule has 0 aliphatic rings. The van der Waals surface area contributed by atoms with Crippen LogP contribution >= 0.6 is 11.6 Å². The number of hydrogen-bond donors (Lipinski definition) is 0. The van der Waals surface area contributed by atoms with Crippen LogP contribution in [0.3, 0.4) is 0 Å². The predicted molar refractivity (Wildman–Crippen MR) is 60.0 cm³/mol. The molecular formula is C8H7ClN2NaOS. The van der Waals surface area contributed by atoms with E-state index in [-0.39, 0.29) is 29.6 Å². The molecule has 0 N–H and O–H groups in total. The number of imidazole rings is 1. The van der Waals surface area contributed by atoms with Crippen molar-refractivity contribution in [3.63, 3.8) is 0 Å². The van der Waals surface area contributed by atoms with Crippen LogP contribution in [0.4, 0.5) is 0 Å². The average Bonchev–Trinajstić information content (AvgIpc) is 2.46. The summed E-state index contributed by atoms with van der Waals surface area (Å²) in [4.78, 5) is 4.09. The zero-order chi connectivity index (χ0) is 9.42. The number of fused-ring (bicyclic) bond motifs is 1. The normalized spacial score (nSPS) is 12.4. The molecule has 1 aromatic carbocycles. The molecule has 0 bridgehead atoms. The van der Waals surface area contributed by atoms with Crippen molar-refractivity contribution in [2.45, 2.75) is 0 Å². The zero-order valence-electron chi connectivity index (χ0n) is 7.90. The fraction of sp³-hybridized carbons (Fsp3) is 0.125. The Balaban J connectivity index is 0.000000980.